The number of hydrogen-bond donors (Lipinski definition) is 2. The zero-order valence-electron chi connectivity index (χ0n) is 9.89. The van der Waals surface area contributed by atoms with E-state index in [-0.39, 0.29) is 0 Å². The molecule has 0 aromatic rings. The summed E-state index contributed by atoms with van der Waals surface area (Å²) in [5, 5.41) is 11.7. The molecule has 7 heteroatoms. The summed E-state index contributed by atoms with van der Waals surface area (Å²) >= 11 is 0. The van der Waals surface area contributed by atoms with Gasteiger partial charge in [0, 0.05) is 13.0 Å². The van der Waals surface area contributed by atoms with E-state index in [1.54, 1.807) is 20.8 Å². The van der Waals surface area contributed by atoms with Gasteiger partial charge in [-0.05, 0) is 20.8 Å². The predicted octanol–water partition coefficient (Wildman–Crippen LogP) is 0.983. The molecule has 0 aromatic heterocycles. The van der Waals surface area contributed by atoms with Crippen molar-refractivity contribution in [1.82, 2.24) is 5.32 Å². The summed E-state index contributed by atoms with van der Waals surface area (Å²) in [5.74, 6) is -0.780. The molecule has 1 aliphatic heterocycles. The van der Waals surface area contributed by atoms with Crippen molar-refractivity contribution in [2.75, 3.05) is 6.54 Å². The van der Waals surface area contributed by atoms with E-state index in [9.17, 15) is 23.1 Å². The Balaban J connectivity index is 2.65. The molecule has 0 aliphatic carbocycles. The van der Waals surface area contributed by atoms with Crippen molar-refractivity contribution >= 4 is 5.97 Å². The van der Waals surface area contributed by atoms with Gasteiger partial charge in [0.1, 0.15) is 11.6 Å². The summed E-state index contributed by atoms with van der Waals surface area (Å²) in [6.45, 7) is 4.17. The average Bonchev–Trinajstić information content (AvgIpc) is 2.44. The van der Waals surface area contributed by atoms with Crippen LogP contribution in [-0.2, 0) is 9.53 Å². The SMILES string of the molecule is CC(C)(C)OC(=O)[C@@H]1C[C@@](O)(C(F)(F)F)CN1. The predicted molar refractivity (Wildman–Crippen MR) is 53.3 cm³/mol. The number of esters is 1. The summed E-state index contributed by atoms with van der Waals surface area (Å²) in [6.07, 6.45) is -5.47. The highest BCUT2D eigenvalue weighted by atomic mass is 19.4. The first-order chi connectivity index (χ1) is 7.45. The van der Waals surface area contributed by atoms with Crippen molar-refractivity contribution in [2.24, 2.45) is 0 Å². The molecular weight excluding hydrogens is 239 g/mol. The molecule has 2 N–H and O–H groups in total. The lowest BCUT2D eigenvalue weighted by Gasteiger charge is -2.25. The van der Waals surface area contributed by atoms with E-state index in [1.165, 1.54) is 0 Å². The fourth-order valence-electron chi connectivity index (χ4n) is 1.53. The van der Waals surface area contributed by atoms with Gasteiger partial charge in [-0.3, -0.25) is 4.79 Å². The minimum Gasteiger partial charge on any atom is -0.459 e. The van der Waals surface area contributed by atoms with Crippen LogP contribution in [0.1, 0.15) is 27.2 Å². The fourth-order valence-corrected chi connectivity index (χ4v) is 1.53. The topological polar surface area (TPSA) is 58.6 Å². The second-order valence-corrected chi connectivity index (χ2v) is 5.20. The largest absolute Gasteiger partial charge is 0.459 e. The maximum atomic E-state index is 12.5. The van der Waals surface area contributed by atoms with Crippen LogP contribution in [-0.4, -0.2) is 41.0 Å². The average molecular weight is 255 g/mol. The van der Waals surface area contributed by atoms with Gasteiger partial charge in [0.15, 0.2) is 5.60 Å². The van der Waals surface area contributed by atoms with E-state index >= 15 is 0 Å². The first kappa shape index (κ1) is 14.2. The van der Waals surface area contributed by atoms with Gasteiger partial charge in [0.2, 0.25) is 0 Å². The summed E-state index contributed by atoms with van der Waals surface area (Å²) < 4.78 is 42.4. The van der Waals surface area contributed by atoms with Crippen LogP contribution in [0.15, 0.2) is 0 Å². The Bertz CT molecular complexity index is 311. The molecule has 1 fully saturated rings. The summed E-state index contributed by atoms with van der Waals surface area (Å²) in [6, 6.07) is -1.12. The second kappa shape index (κ2) is 4.13. The molecule has 0 radical (unpaired) electrons. The highest BCUT2D eigenvalue weighted by molar-refractivity contribution is 5.76. The number of ether oxygens (including phenoxy) is 1. The van der Waals surface area contributed by atoms with Crippen molar-refractivity contribution in [3.8, 4) is 0 Å². The number of halogens is 3. The quantitative estimate of drug-likeness (QED) is 0.686. The smallest absolute Gasteiger partial charge is 0.418 e. The Morgan fingerprint density at radius 1 is 1.41 bits per heavy atom. The molecule has 1 saturated heterocycles. The lowest BCUT2D eigenvalue weighted by Crippen LogP contribution is -2.46. The maximum Gasteiger partial charge on any atom is 0.418 e. The number of nitrogens with one attached hydrogen (secondary N) is 1. The lowest BCUT2D eigenvalue weighted by atomic mass is 10.00. The molecule has 0 amide bonds. The normalized spacial score (nSPS) is 30.4. The van der Waals surface area contributed by atoms with E-state index in [4.69, 9.17) is 4.74 Å². The lowest BCUT2D eigenvalue weighted by molar-refractivity contribution is -0.252. The number of carbonyl (C=O) groups is 1. The van der Waals surface area contributed by atoms with E-state index < -0.39 is 42.4 Å². The van der Waals surface area contributed by atoms with Crippen LogP contribution in [0.4, 0.5) is 13.2 Å². The number of β-amino-alcohol motifs (C(OH)–C–C–N with tert-alkyl or cyclic N) is 1. The standard InChI is InChI=1S/C10H16F3NO3/c1-8(2,3)17-7(15)6-4-9(16,5-14-6)10(11,12)13/h6,14,16H,4-5H2,1-3H3/t6-,9-/m0/s1. The molecule has 0 bridgehead atoms. The Hall–Kier alpha value is -0.820. The van der Waals surface area contributed by atoms with Gasteiger partial charge in [0.05, 0.1) is 0 Å². The third kappa shape index (κ3) is 3.32. The van der Waals surface area contributed by atoms with Gasteiger partial charge in [-0.2, -0.15) is 13.2 Å². The number of hydrogen-bond acceptors (Lipinski definition) is 4. The first-order valence-electron chi connectivity index (χ1n) is 5.20. The molecule has 0 saturated carbocycles. The van der Waals surface area contributed by atoms with Gasteiger partial charge in [-0.25, -0.2) is 0 Å². The fraction of sp³-hybridized carbons (Fsp3) is 0.900. The van der Waals surface area contributed by atoms with Crippen LogP contribution < -0.4 is 5.32 Å². The van der Waals surface area contributed by atoms with Crippen molar-refractivity contribution in [1.29, 1.82) is 0 Å². The van der Waals surface area contributed by atoms with Crippen molar-refractivity contribution in [2.45, 2.75) is 50.6 Å². The van der Waals surface area contributed by atoms with E-state index in [0.717, 1.165) is 0 Å². The summed E-state index contributed by atoms with van der Waals surface area (Å²) in [5.41, 5.74) is -3.62. The van der Waals surface area contributed by atoms with Gasteiger partial charge < -0.3 is 15.2 Å². The number of aliphatic hydroxyl groups is 1. The molecule has 4 nitrogen and oxygen atoms in total. The third-order valence-corrected chi connectivity index (χ3v) is 2.40. The maximum absolute atomic E-state index is 12.5. The Morgan fingerprint density at radius 3 is 2.29 bits per heavy atom. The molecule has 17 heavy (non-hydrogen) atoms. The highest BCUT2D eigenvalue weighted by Crippen LogP contribution is 2.37. The summed E-state index contributed by atoms with van der Waals surface area (Å²) in [7, 11) is 0. The van der Waals surface area contributed by atoms with E-state index in [2.05, 4.69) is 5.32 Å². The Morgan fingerprint density at radius 2 is 1.94 bits per heavy atom. The van der Waals surface area contributed by atoms with Crippen LogP contribution in [0.3, 0.4) is 0 Å². The zero-order valence-corrected chi connectivity index (χ0v) is 9.89. The zero-order chi connectivity index (χ0) is 13.5. The molecule has 0 unspecified atom stereocenters. The van der Waals surface area contributed by atoms with Crippen LogP contribution in [0.5, 0.6) is 0 Å². The number of carbonyl (C=O) groups excluding carboxylic acids is 1. The van der Waals surface area contributed by atoms with Gasteiger partial charge in [-0.1, -0.05) is 0 Å². The molecule has 1 heterocycles. The van der Waals surface area contributed by atoms with Crippen LogP contribution in [0, 0.1) is 0 Å². The first-order valence-corrected chi connectivity index (χ1v) is 5.20. The second-order valence-electron chi connectivity index (χ2n) is 5.20. The van der Waals surface area contributed by atoms with Gasteiger partial charge >= 0.3 is 12.1 Å². The van der Waals surface area contributed by atoms with Crippen LogP contribution in [0.25, 0.3) is 0 Å². The summed E-state index contributed by atoms with van der Waals surface area (Å²) in [4.78, 5) is 11.5. The van der Waals surface area contributed by atoms with Crippen LogP contribution >= 0.6 is 0 Å². The molecule has 2 atom stereocenters. The molecule has 100 valence electrons. The van der Waals surface area contributed by atoms with Gasteiger partial charge in [0.25, 0.3) is 0 Å². The monoisotopic (exact) mass is 255 g/mol. The van der Waals surface area contributed by atoms with E-state index in [0.29, 0.717) is 0 Å². The number of rotatable bonds is 1. The molecule has 0 spiro atoms. The van der Waals surface area contributed by atoms with Crippen molar-refractivity contribution in [3.63, 3.8) is 0 Å². The van der Waals surface area contributed by atoms with Crippen molar-refractivity contribution < 1.29 is 27.8 Å². The van der Waals surface area contributed by atoms with Crippen LogP contribution in [0.2, 0.25) is 0 Å². The van der Waals surface area contributed by atoms with Gasteiger partial charge in [-0.15, -0.1) is 0 Å². The minimum absolute atomic E-state index is 0.694. The van der Waals surface area contributed by atoms with Crippen molar-refractivity contribution in [3.05, 3.63) is 0 Å². The van der Waals surface area contributed by atoms with E-state index in [1.807, 2.05) is 0 Å². The highest BCUT2D eigenvalue weighted by Gasteiger charge is 2.58. The Labute approximate surface area is 97.1 Å². The third-order valence-electron chi connectivity index (χ3n) is 2.40. The Kier molecular flexibility index (Phi) is 3.46. The molecule has 1 aliphatic rings. The molecule has 1 rings (SSSR count). The minimum atomic E-state index is -4.75. The molecule has 0 aromatic carbocycles. The number of alkyl halides is 3. The molecular formula is C10H16F3NO3.